The zero-order valence-electron chi connectivity index (χ0n) is 14.4. The molecular formula is C17H22N8. The van der Waals surface area contributed by atoms with Crippen LogP contribution < -0.4 is 4.90 Å². The first-order chi connectivity index (χ1) is 12.3. The number of rotatable bonds is 5. The zero-order valence-corrected chi connectivity index (χ0v) is 14.4. The number of hydrogen-bond donors (Lipinski definition) is 0. The zero-order chi connectivity index (χ0) is 17.1. The topological polar surface area (TPSA) is 67.9 Å². The van der Waals surface area contributed by atoms with Gasteiger partial charge in [-0.2, -0.15) is 10.2 Å². The molecule has 1 aliphatic rings. The van der Waals surface area contributed by atoms with Gasteiger partial charge in [-0.15, -0.1) is 10.2 Å². The number of hydrogen-bond acceptors (Lipinski definition) is 6. The molecule has 0 spiro atoms. The van der Waals surface area contributed by atoms with Crippen LogP contribution in [0.2, 0.25) is 0 Å². The number of nitrogens with zero attached hydrogens (tertiary/aromatic N) is 8. The summed E-state index contributed by atoms with van der Waals surface area (Å²) in [5.74, 6) is 1.67. The smallest absolute Gasteiger partial charge is 0.175 e. The Hall–Kier alpha value is -2.74. The second-order valence-corrected chi connectivity index (χ2v) is 6.31. The van der Waals surface area contributed by atoms with Gasteiger partial charge in [0.25, 0.3) is 0 Å². The third-order valence-electron chi connectivity index (χ3n) is 4.48. The number of piperazine rings is 1. The Morgan fingerprint density at radius 3 is 2.40 bits per heavy atom. The van der Waals surface area contributed by atoms with E-state index >= 15 is 0 Å². The van der Waals surface area contributed by atoms with Gasteiger partial charge in [0, 0.05) is 51.3 Å². The number of anilines is 1. The molecule has 4 heterocycles. The van der Waals surface area contributed by atoms with Crippen molar-refractivity contribution in [3.05, 3.63) is 48.5 Å². The molecule has 0 atom stereocenters. The lowest BCUT2D eigenvalue weighted by Gasteiger charge is -2.35. The fraction of sp³-hybridized carbons (Fsp3) is 0.412. The molecule has 0 aromatic carbocycles. The van der Waals surface area contributed by atoms with Crippen molar-refractivity contribution in [2.75, 3.05) is 37.6 Å². The largest absolute Gasteiger partial charge is 0.353 e. The van der Waals surface area contributed by atoms with Crippen LogP contribution in [0.15, 0.2) is 43.0 Å². The van der Waals surface area contributed by atoms with Gasteiger partial charge in [-0.1, -0.05) is 0 Å². The average Bonchev–Trinajstić information content (AvgIpc) is 3.32. The summed E-state index contributed by atoms with van der Waals surface area (Å²) in [6.07, 6.45) is 7.60. The summed E-state index contributed by atoms with van der Waals surface area (Å²) in [5.41, 5.74) is 1.21. The molecule has 8 nitrogen and oxygen atoms in total. The summed E-state index contributed by atoms with van der Waals surface area (Å²) in [4.78, 5) is 4.76. The van der Waals surface area contributed by atoms with Crippen LogP contribution in [0.1, 0.15) is 5.56 Å². The highest BCUT2D eigenvalue weighted by atomic mass is 15.4. The maximum Gasteiger partial charge on any atom is 0.175 e. The van der Waals surface area contributed by atoms with Crippen LogP contribution >= 0.6 is 0 Å². The molecule has 3 aromatic heterocycles. The quantitative estimate of drug-likeness (QED) is 0.691. The molecule has 0 unspecified atom stereocenters. The van der Waals surface area contributed by atoms with Gasteiger partial charge in [-0.05, 0) is 30.7 Å². The van der Waals surface area contributed by atoms with Crippen molar-refractivity contribution < 1.29 is 0 Å². The van der Waals surface area contributed by atoms with Crippen molar-refractivity contribution in [3.63, 3.8) is 0 Å². The molecule has 1 aliphatic heterocycles. The normalized spacial score (nSPS) is 15.6. The van der Waals surface area contributed by atoms with Crippen molar-refractivity contribution in [1.82, 2.24) is 34.7 Å². The molecule has 1 fully saturated rings. The van der Waals surface area contributed by atoms with Crippen LogP contribution in [0, 0.1) is 6.92 Å². The molecular weight excluding hydrogens is 316 g/mol. The van der Waals surface area contributed by atoms with Crippen molar-refractivity contribution >= 4 is 5.82 Å². The van der Waals surface area contributed by atoms with Crippen molar-refractivity contribution in [2.24, 2.45) is 0 Å². The van der Waals surface area contributed by atoms with Crippen LogP contribution in [0.4, 0.5) is 5.82 Å². The molecule has 130 valence electrons. The molecule has 25 heavy (non-hydrogen) atoms. The minimum absolute atomic E-state index is 0.738. The third-order valence-corrected chi connectivity index (χ3v) is 4.48. The highest BCUT2D eigenvalue weighted by Crippen LogP contribution is 2.14. The van der Waals surface area contributed by atoms with Crippen molar-refractivity contribution in [1.29, 1.82) is 0 Å². The van der Waals surface area contributed by atoms with Crippen LogP contribution in [0.25, 0.3) is 5.82 Å². The van der Waals surface area contributed by atoms with Gasteiger partial charge in [0.1, 0.15) is 0 Å². The fourth-order valence-corrected chi connectivity index (χ4v) is 3.05. The summed E-state index contributed by atoms with van der Waals surface area (Å²) in [5, 5.41) is 17.2. The van der Waals surface area contributed by atoms with Gasteiger partial charge in [-0.3, -0.25) is 9.58 Å². The number of aryl methyl sites for hydroxylation is 1. The molecule has 1 saturated heterocycles. The third kappa shape index (κ3) is 3.69. The highest BCUT2D eigenvalue weighted by Gasteiger charge is 2.18. The van der Waals surface area contributed by atoms with Gasteiger partial charge < -0.3 is 4.90 Å². The summed E-state index contributed by atoms with van der Waals surface area (Å²) in [6.45, 7) is 8.03. The first-order valence-corrected chi connectivity index (χ1v) is 8.58. The Bertz CT molecular complexity index is 784. The van der Waals surface area contributed by atoms with E-state index in [1.54, 1.807) is 10.9 Å². The van der Waals surface area contributed by atoms with Crippen LogP contribution in [0.5, 0.6) is 0 Å². The fourth-order valence-electron chi connectivity index (χ4n) is 3.05. The van der Waals surface area contributed by atoms with E-state index in [4.69, 9.17) is 0 Å². The highest BCUT2D eigenvalue weighted by molar-refractivity contribution is 5.40. The number of aromatic nitrogens is 6. The summed E-state index contributed by atoms with van der Waals surface area (Å²) in [7, 11) is 0. The Morgan fingerprint density at radius 2 is 1.76 bits per heavy atom. The molecule has 0 amide bonds. The Balaban J connectivity index is 1.29. The molecule has 4 rings (SSSR count). The summed E-state index contributed by atoms with van der Waals surface area (Å²) >= 11 is 0. The van der Waals surface area contributed by atoms with Crippen LogP contribution in [0.3, 0.4) is 0 Å². The van der Waals surface area contributed by atoms with E-state index in [-0.39, 0.29) is 0 Å². The molecule has 0 aliphatic carbocycles. The predicted octanol–water partition coefficient (Wildman–Crippen LogP) is 0.989. The van der Waals surface area contributed by atoms with E-state index < -0.39 is 0 Å². The van der Waals surface area contributed by atoms with E-state index in [2.05, 4.69) is 43.3 Å². The molecule has 0 N–H and O–H groups in total. The van der Waals surface area contributed by atoms with Crippen LogP contribution in [-0.2, 0) is 6.54 Å². The first-order valence-electron chi connectivity index (χ1n) is 8.58. The van der Waals surface area contributed by atoms with Gasteiger partial charge in [0.15, 0.2) is 11.6 Å². The van der Waals surface area contributed by atoms with Crippen molar-refractivity contribution in [2.45, 2.75) is 13.5 Å². The molecule has 0 saturated carbocycles. The second-order valence-electron chi connectivity index (χ2n) is 6.31. The van der Waals surface area contributed by atoms with Gasteiger partial charge >= 0.3 is 0 Å². The lowest BCUT2D eigenvalue weighted by atomic mass is 10.3. The van der Waals surface area contributed by atoms with E-state index in [1.165, 1.54) is 5.56 Å². The molecule has 8 heteroatoms. The van der Waals surface area contributed by atoms with Crippen molar-refractivity contribution in [3.8, 4) is 5.82 Å². The Kier molecular flexibility index (Phi) is 4.43. The second kappa shape index (κ2) is 7.02. The monoisotopic (exact) mass is 338 g/mol. The maximum atomic E-state index is 4.36. The molecule has 0 radical (unpaired) electrons. The predicted molar refractivity (Wildman–Crippen MR) is 94.8 cm³/mol. The minimum atomic E-state index is 0.738. The van der Waals surface area contributed by atoms with E-state index in [0.717, 1.165) is 50.9 Å². The molecule has 0 bridgehead atoms. The average molecular weight is 338 g/mol. The van der Waals surface area contributed by atoms with E-state index in [9.17, 15) is 0 Å². The standard InChI is InChI=1S/C17H22N8/c1-15-13-19-24(14-15)12-9-22-7-10-23(11-8-22)16-3-4-17(21-20-16)25-6-2-5-18-25/h2-6,13-14H,7-12H2,1H3. The SMILES string of the molecule is Cc1cnn(CCN2CCN(c3ccc(-n4cccn4)nn3)CC2)c1. The Labute approximate surface area is 146 Å². The van der Waals surface area contributed by atoms with Gasteiger partial charge in [-0.25, -0.2) is 4.68 Å². The maximum absolute atomic E-state index is 4.36. The van der Waals surface area contributed by atoms with E-state index in [0.29, 0.717) is 0 Å². The molecule has 3 aromatic rings. The lowest BCUT2D eigenvalue weighted by Crippen LogP contribution is -2.47. The first kappa shape index (κ1) is 15.8. The van der Waals surface area contributed by atoms with E-state index in [1.807, 2.05) is 35.3 Å². The Morgan fingerprint density at radius 1 is 0.960 bits per heavy atom. The van der Waals surface area contributed by atoms with Gasteiger partial charge in [0.2, 0.25) is 0 Å². The summed E-state index contributed by atoms with van der Waals surface area (Å²) < 4.78 is 3.73. The summed E-state index contributed by atoms with van der Waals surface area (Å²) in [6, 6.07) is 5.85. The minimum Gasteiger partial charge on any atom is -0.353 e. The lowest BCUT2D eigenvalue weighted by molar-refractivity contribution is 0.244. The van der Waals surface area contributed by atoms with Crippen LogP contribution in [-0.4, -0.2) is 67.4 Å². The van der Waals surface area contributed by atoms with Gasteiger partial charge in [0.05, 0.1) is 12.7 Å².